The summed E-state index contributed by atoms with van der Waals surface area (Å²) in [6, 6.07) is 16.6. The number of aryl methyl sites for hydroxylation is 1. The Bertz CT molecular complexity index is 977. The molecule has 1 aliphatic heterocycles. The number of unbranched alkanes of at least 4 members (excludes halogenated alkanes) is 2. The van der Waals surface area contributed by atoms with Crippen LogP contribution in [0, 0.1) is 0 Å². The predicted octanol–water partition coefficient (Wildman–Crippen LogP) is 5.17. The highest BCUT2D eigenvalue weighted by atomic mass is 16.5. The molecule has 0 fully saturated rings. The highest BCUT2D eigenvalue weighted by molar-refractivity contribution is 5.79. The largest absolute Gasteiger partial charge is 0.463 e. The predicted molar refractivity (Wildman–Crippen MR) is 113 cm³/mol. The molecule has 0 bridgehead atoms. The monoisotopic (exact) mass is 390 g/mol. The van der Waals surface area contributed by atoms with Crippen LogP contribution in [0.1, 0.15) is 50.5 Å². The first-order chi connectivity index (χ1) is 14.3. The molecule has 1 atom stereocenters. The number of nitrogens with zero attached hydrogens (tertiary/aromatic N) is 3. The van der Waals surface area contributed by atoms with Crippen LogP contribution in [0.15, 0.2) is 48.5 Å². The van der Waals surface area contributed by atoms with Gasteiger partial charge < -0.3 is 14.8 Å². The fraction of sp³-hybridized carbons (Fsp3) is 0.348. The number of hydrogen-bond donors (Lipinski definition) is 1. The van der Waals surface area contributed by atoms with E-state index in [2.05, 4.69) is 45.6 Å². The number of benzene rings is 2. The molecule has 1 N–H and O–H groups in total. The third-order valence-electron chi connectivity index (χ3n) is 4.99. The van der Waals surface area contributed by atoms with E-state index in [0.29, 0.717) is 18.2 Å². The highest BCUT2D eigenvalue weighted by Gasteiger charge is 2.27. The van der Waals surface area contributed by atoms with Gasteiger partial charge in [0.1, 0.15) is 0 Å². The van der Waals surface area contributed by atoms with Crippen molar-refractivity contribution in [2.75, 3.05) is 11.9 Å². The summed E-state index contributed by atoms with van der Waals surface area (Å²) < 4.78 is 11.8. The average Bonchev–Trinajstić information content (AvgIpc) is 2.91. The van der Waals surface area contributed by atoms with Crippen LogP contribution in [-0.4, -0.2) is 21.8 Å². The van der Waals surface area contributed by atoms with E-state index in [1.165, 1.54) is 18.4 Å². The topological polar surface area (TPSA) is 69.2 Å². The van der Waals surface area contributed by atoms with Gasteiger partial charge in [-0.1, -0.05) is 67.3 Å². The third-order valence-corrected chi connectivity index (χ3v) is 4.99. The van der Waals surface area contributed by atoms with Crippen molar-refractivity contribution in [1.29, 1.82) is 0 Å². The maximum Gasteiger partial charge on any atom is 0.339 e. The van der Waals surface area contributed by atoms with E-state index in [0.717, 1.165) is 29.7 Å². The Morgan fingerprint density at radius 1 is 1.00 bits per heavy atom. The molecule has 3 aromatic rings. The minimum absolute atomic E-state index is 0.223. The molecule has 0 spiro atoms. The van der Waals surface area contributed by atoms with E-state index in [9.17, 15) is 0 Å². The number of rotatable bonds is 7. The summed E-state index contributed by atoms with van der Waals surface area (Å²) >= 11 is 0. The Morgan fingerprint density at radius 2 is 1.83 bits per heavy atom. The lowest BCUT2D eigenvalue weighted by Crippen LogP contribution is -2.19. The Morgan fingerprint density at radius 3 is 2.69 bits per heavy atom. The number of nitrogens with one attached hydrogen (secondary N) is 1. The summed E-state index contributed by atoms with van der Waals surface area (Å²) in [6.45, 7) is 4.58. The lowest BCUT2D eigenvalue weighted by atomic mass is 10.00. The minimum Gasteiger partial charge on any atom is -0.463 e. The van der Waals surface area contributed by atoms with Gasteiger partial charge in [-0.2, -0.15) is 4.98 Å². The highest BCUT2D eigenvalue weighted by Crippen LogP contribution is 2.40. The number of para-hydroxylation sites is 1. The number of anilines is 1. The van der Waals surface area contributed by atoms with Crippen LogP contribution in [0.5, 0.6) is 11.9 Å². The zero-order chi connectivity index (χ0) is 20.1. The number of aromatic nitrogens is 3. The Balaban J connectivity index is 1.75. The Kier molecular flexibility index (Phi) is 5.89. The maximum atomic E-state index is 6.35. The van der Waals surface area contributed by atoms with E-state index in [-0.39, 0.29) is 12.2 Å². The molecule has 2 heterocycles. The zero-order valence-electron chi connectivity index (χ0n) is 16.9. The summed E-state index contributed by atoms with van der Waals surface area (Å²) in [5, 5.41) is 12.0. The molecule has 2 aromatic carbocycles. The van der Waals surface area contributed by atoms with Crippen LogP contribution in [0.25, 0.3) is 11.3 Å². The van der Waals surface area contributed by atoms with Crippen molar-refractivity contribution in [1.82, 2.24) is 15.2 Å². The van der Waals surface area contributed by atoms with Gasteiger partial charge in [0.05, 0.1) is 6.61 Å². The fourth-order valence-corrected chi connectivity index (χ4v) is 3.56. The Hall–Kier alpha value is -3.15. The molecule has 1 unspecified atom stereocenters. The van der Waals surface area contributed by atoms with Gasteiger partial charge >= 0.3 is 6.01 Å². The van der Waals surface area contributed by atoms with E-state index in [4.69, 9.17) is 9.47 Å². The van der Waals surface area contributed by atoms with Gasteiger partial charge in [-0.05, 0) is 31.4 Å². The van der Waals surface area contributed by atoms with Crippen LogP contribution >= 0.6 is 0 Å². The molecule has 0 aliphatic carbocycles. The molecule has 0 saturated carbocycles. The second-order valence-corrected chi connectivity index (χ2v) is 7.02. The third kappa shape index (κ3) is 4.16. The molecule has 4 rings (SSSR count). The molecule has 6 heteroatoms. The van der Waals surface area contributed by atoms with Gasteiger partial charge in [0.25, 0.3) is 0 Å². The maximum absolute atomic E-state index is 6.35. The van der Waals surface area contributed by atoms with Crippen molar-refractivity contribution >= 4 is 5.69 Å². The van der Waals surface area contributed by atoms with Gasteiger partial charge in [-0.15, -0.1) is 5.10 Å². The molecule has 6 nitrogen and oxygen atoms in total. The SMILES string of the molecule is CCCCCc1ccccc1C1Nc2ccccc2-c2nnc(OCC)nc2O1. The van der Waals surface area contributed by atoms with Gasteiger partial charge in [-0.25, -0.2) is 0 Å². The Labute approximate surface area is 171 Å². The summed E-state index contributed by atoms with van der Waals surface area (Å²) in [6.07, 6.45) is 4.22. The summed E-state index contributed by atoms with van der Waals surface area (Å²) in [4.78, 5) is 4.48. The summed E-state index contributed by atoms with van der Waals surface area (Å²) in [7, 11) is 0. The fourth-order valence-electron chi connectivity index (χ4n) is 3.56. The normalized spacial score (nSPS) is 14.8. The second kappa shape index (κ2) is 8.90. The van der Waals surface area contributed by atoms with Crippen molar-refractivity contribution in [3.63, 3.8) is 0 Å². The molecular weight excluding hydrogens is 364 g/mol. The van der Waals surface area contributed by atoms with Gasteiger partial charge in [0.2, 0.25) is 5.88 Å². The van der Waals surface area contributed by atoms with Crippen molar-refractivity contribution in [3.8, 4) is 23.1 Å². The summed E-state index contributed by atoms with van der Waals surface area (Å²) in [5.74, 6) is 0.425. The first-order valence-electron chi connectivity index (χ1n) is 10.3. The van der Waals surface area contributed by atoms with E-state index >= 15 is 0 Å². The molecule has 1 aliphatic rings. The van der Waals surface area contributed by atoms with Crippen molar-refractivity contribution < 1.29 is 9.47 Å². The van der Waals surface area contributed by atoms with E-state index in [1.807, 2.05) is 37.3 Å². The molecule has 150 valence electrons. The molecule has 1 aromatic heterocycles. The van der Waals surface area contributed by atoms with Crippen LogP contribution in [-0.2, 0) is 6.42 Å². The first kappa shape index (κ1) is 19.2. The van der Waals surface area contributed by atoms with Crippen molar-refractivity contribution in [3.05, 3.63) is 59.7 Å². The van der Waals surface area contributed by atoms with Crippen LogP contribution in [0.2, 0.25) is 0 Å². The van der Waals surface area contributed by atoms with Crippen molar-refractivity contribution in [2.24, 2.45) is 0 Å². The van der Waals surface area contributed by atoms with Gasteiger partial charge in [0, 0.05) is 16.8 Å². The van der Waals surface area contributed by atoms with Gasteiger partial charge in [0.15, 0.2) is 11.9 Å². The van der Waals surface area contributed by atoms with E-state index < -0.39 is 0 Å². The summed E-state index contributed by atoms with van der Waals surface area (Å²) in [5.41, 5.74) is 4.87. The zero-order valence-corrected chi connectivity index (χ0v) is 16.9. The molecule has 0 saturated heterocycles. The smallest absolute Gasteiger partial charge is 0.339 e. The molecule has 29 heavy (non-hydrogen) atoms. The minimum atomic E-state index is -0.374. The number of hydrogen-bond acceptors (Lipinski definition) is 6. The molecular formula is C23H26N4O2. The number of fused-ring (bicyclic) bond motifs is 3. The van der Waals surface area contributed by atoms with E-state index in [1.54, 1.807) is 0 Å². The number of ether oxygens (including phenoxy) is 2. The molecule has 0 radical (unpaired) electrons. The molecule has 0 amide bonds. The quantitative estimate of drug-likeness (QED) is 0.561. The first-order valence-corrected chi connectivity index (χ1v) is 10.3. The lowest BCUT2D eigenvalue weighted by molar-refractivity contribution is 0.219. The second-order valence-electron chi connectivity index (χ2n) is 7.02. The lowest BCUT2D eigenvalue weighted by Gasteiger charge is -2.22. The van der Waals surface area contributed by atoms with Crippen LogP contribution in [0.3, 0.4) is 0 Å². The standard InChI is InChI=1S/C23H26N4O2/c1-3-5-6-11-16-12-7-8-13-17(16)21-24-19-15-10-9-14-18(19)20-22(29-21)25-23(27-26-20)28-4-2/h7-10,12-15,21,24H,3-6,11H2,1-2H3. The van der Waals surface area contributed by atoms with Crippen LogP contribution < -0.4 is 14.8 Å². The van der Waals surface area contributed by atoms with Gasteiger partial charge in [-0.3, -0.25) is 0 Å². The van der Waals surface area contributed by atoms with Crippen molar-refractivity contribution in [2.45, 2.75) is 45.8 Å². The van der Waals surface area contributed by atoms with Crippen LogP contribution in [0.4, 0.5) is 5.69 Å². The average molecular weight is 390 g/mol.